The number of amides is 2. The first-order valence-corrected chi connectivity index (χ1v) is 20.7. The minimum absolute atomic E-state index is 0. The number of phenols is 2. The number of hydrogen-bond donors (Lipinski definition) is 5. The van der Waals surface area contributed by atoms with Gasteiger partial charge in [0.15, 0.2) is 12.4 Å². The van der Waals surface area contributed by atoms with Gasteiger partial charge in [-0.05, 0) is 40.7 Å². The summed E-state index contributed by atoms with van der Waals surface area (Å²) >= 11 is 0. The van der Waals surface area contributed by atoms with Crippen molar-refractivity contribution in [1.82, 2.24) is 4.90 Å². The molecular formula is C46H62N2NaO15+. The fourth-order valence-corrected chi connectivity index (χ4v) is 7.65. The molecule has 0 aromatic heterocycles. The van der Waals surface area contributed by atoms with Gasteiger partial charge >= 0.3 is 47.3 Å². The number of rotatable bonds is 7. The van der Waals surface area contributed by atoms with Crippen LogP contribution >= 0.6 is 0 Å². The first-order chi connectivity index (χ1) is 29.2. The van der Waals surface area contributed by atoms with E-state index in [1.54, 1.807) is 60.6 Å². The number of aliphatic hydroxyl groups is 2. The normalized spacial score (nSPS) is 28.4. The first-order valence-electron chi connectivity index (χ1n) is 20.7. The maximum Gasteiger partial charge on any atom is 1.00 e. The predicted molar refractivity (Wildman–Crippen MR) is 231 cm³/mol. The van der Waals surface area contributed by atoms with Crippen LogP contribution in [0.2, 0.25) is 0 Å². The van der Waals surface area contributed by atoms with Gasteiger partial charge in [-0.2, -0.15) is 0 Å². The van der Waals surface area contributed by atoms with Gasteiger partial charge in [-0.15, -0.1) is 0 Å². The molecule has 2 amide bonds. The molecule has 5 rings (SSSR count). The van der Waals surface area contributed by atoms with Crippen LogP contribution in [0.15, 0.2) is 42.2 Å². The standard InChI is InChI=1S/C46H62N2O15.Na/c1-22-15-14-16-23(2)44(57)47-29-19-31(59-21-32(50)48(12)20-33(51)62-45(8,9)10)34-35(40(29)55)39(54)27(6)42-36(34)43(56)46(11,63-42)60-18-17-30(58-13)24(3)41(61-28(7)49)26(5)38(53)25(4)37(22)52;/h14-19,22,24-26,30,37-38,41,52-55H,20-21H2,1-13H3,(H,47,57);/q;+1/b15-14+,18-17+,23-16+;. The second-order valence-corrected chi connectivity index (χ2v) is 17.5. The van der Waals surface area contributed by atoms with E-state index >= 15 is 0 Å². The summed E-state index contributed by atoms with van der Waals surface area (Å²) in [4.78, 5) is 67.4. The minimum Gasteiger partial charge on any atom is -0.507 e. The Kier molecular flexibility index (Phi) is 18.1. The molecular weight excluding hydrogens is 843 g/mol. The molecule has 0 saturated heterocycles. The maximum atomic E-state index is 14.5. The van der Waals surface area contributed by atoms with Crippen LogP contribution in [-0.2, 0) is 38.1 Å². The van der Waals surface area contributed by atoms with Crippen molar-refractivity contribution in [1.29, 1.82) is 0 Å². The van der Waals surface area contributed by atoms with Crippen LogP contribution in [-0.4, -0.2) is 118 Å². The van der Waals surface area contributed by atoms with E-state index in [9.17, 15) is 44.4 Å². The van der Waals surface area contributed by atoms with Crippen molar-refractivity contribution in [2.24, 2.45) is 23.7 Å². The van der Waals surface area contributed by atoms with Gasteiger partial charge in [0.2, 0.25) is 0 Å². The Hall–Kier alpha value is -4.65. The number of hydrogen-bond acceptors (Lipinski definition) is 15. The predicted octanol–water partition coefficient (Wildman–Crippen LogP) is 2.23. The molecule has 18 heteroatoms. The average Bonchev–Trinajstić information content (AvgIpc) is 3.47. The van der Waals surface area contributed by atoms with E-state index in [1.165, 1.54) is 66.3 Å². The molecule has 5 bridgehead atoms. The Balaban J connectivity index is 0.0000109. The molecule has 17 nitrogen and oxygen atoms in total. The zero-order valence-electron chi connectivity index (χ0n) is 39.2. The van der Waals surface area contributed by atoms with Gasteiger partial charge in [0.05, 0.1) is 41.2 Å². The molecule has 5 N–H and O–H groups in total. The number of esters is 2. The number of anilines is 1. The van der Waals surface area contributed by atoms with Crippen LogP contribution in [0.5, 0.6) is 23.0 Å². The van der Waals surface area contributed by atoms with Crippen LogP contribution in [0.1, 0.15) is 85.2 Å². The van der Waals surface area contributed by atoms with Gasteiger partial charge in [-0.3, -0.25) is 24.0 Å². The zero-order valence-corrected chi connectivity index (χ0v) is 41.2. The number of nitrogens with zero attached hydrogens (tertiary/aromatic N) is 1. The number of benzene rings is 2. The molecule has 346 valence electrons. The van der Waals surface area contributed by atoms with E-state index < -0.39 is 114 Å². The van der Waals surface area contributed by atoms with Crippen LogP contribution in [0.4, 0.5) is 5.69 Å². The Morgan fingerprint density at radius 1 is 0.953 bits per heavy atom. The smallest absolute Gasteiger partial charge is 0.507 e. The van der Waals surface area contributed by atoms with Gasteiger partial charge in [0.25, 0.3) is 17.6 Å². The molecule has 0 saturated carbocycles. The van der Waals surface area contributed by atoms with Crippen molar-refractivity contribution in [2.45, 2.75) is 112 Å². The fourth-order valence-electron chi connectivity index (χ4n) is 7.65. The summed E-state index contributed by atoms with van der Waals surface area (Å²) in [6.07, 6.45) is 3.34. The number of aliphatic hydroxyl groups excluding tert-OH is 2. The van der Waals surface area contributed by atoms with Crippen LogP contribution < -0.4 is 44.3 Å². The first kappa shape index (κ1) is 53.7. The molecule has 0 spiro atoms. The monoisotopic (exact) mass is 905 g/mol. The number of carbonyl (C=O) groups is 5. The van der Waals surface area contributed by atoms with E-state index in [1.807, 2.05) is 0 Å². The molecule has 2 aromatic carbocycles. The number of phenolic OH excluding ortho intramolecular Hbond substituents is 2. The molecule has 2 aromatic rings. The molecule has 0 radical (unpaired) electrons. The van der Waals surface area contributed by atoms with E-state index in [0.29, 0.717) is 0 Å². The number of ketones is 1. The van der Waals surface area contributed by atoms with Crippen molar-refractivity contribution in [3.8, 4) is 23.0 Å². The Labute approximate surface area is 396 Å². The third-order valence-electron chi connectivity index (χ3n) is 11.4. The number of methoxy groups -OCH3 is 1. The third kappa shape index (κ3) is 12.0. The van der Waals surface area contributed by atoms with Crippen molar-refractivity contribution in [2.75, 3.05) is 32.6 Å². The third-order valence-corrected chi connectivity index (χ3v) is 11.4. The van der Waals surface area contributed by atoms with Gasteiger partial charge in [-0.25, -0.2) is 0 Å². The summed E-state index contributed by atoms with van der Waals surface area (Å²) in [5.41, 5.74) is -1.06. The molecule has 0 aliphatic carbocycles. The number of Topliss-reactive ketones (excluding diaryl/α,β-unsaturated/α-hetero) is 1. The Bertz CT molecular complexity index is 2200. The molecule has 0 fully saturated rings. The summed E-state index contributed by atoms with van der Waals surface area (Å²) in [7, 11) is 2.78. The topological polar surface area (TPSA) is 237 Å². The van der Waals surface area contributed by atoms with Crippen molar-refractivity contribution >= 4 is 46.0 Å². The summed E-state index contributed by atoms with van der Waals surface area (Å²) < 4.78 is 35.0. The molecule has 3 heterocycles. The quantitative estimate of drug-likeness (QED) is 0.152. The summed E-state index contributed by atoms with van der Waals surface area (Å²) in [5.74, 6) is -9.60. The van der Waals surface area contributed by atoms with Gasteiger partial charge in [-0.1, -0.05) is 45.9 Å². The van der Waals surface area contributed by atoms with Gasteiger partial charge < -0.3 is 59.1 Å². The average molecular weight is 906 g/mol. The molecule has 3 aliphatic rings. The molecule has 9 atom stereocenters. The fraction of sp³-hybridized carbons (Fsp3) is 0.543. The van der Waals surface area contributed by atoms with Crippen molar-refractivity contribution in [3.05, 3.63) is 53.3 Å². The van der Waals surface area contributed by atoms with Gasteiger partial charge in [0, 0.05) is 74.3 Å². The van der Waals surface area contributed by atoms with E-state index in [4.69, 9.17) is 28.4 Å². The summed E-state index contributed by atoms with van der Waals surface area (Å²) in [5, 5.41) is 48.3. The van der Waals surface area contributed by atoms with E-state index in [2.05, 4.69) is 5.32 Å². The minimum atomic E-state index is -2.08. The van der Waals surface area contributed by atoms with Crippen molar-refractivity contribution < 1.29 is 102 Å². The van der Waals surface area contributed by atoms with E-state index in [0.717, 1.165) is 4.90 Å². The Morgan fingerprint density at radius 2 is 1.59 bits per heavy atom. The largest absolute Gasteiger partial charge is 1.00 e. The number of likely N-dealkylation sites (N-methyl/N-ethyl adjacent to an activating group) is 1. The molecule has 64 heavy (non-hydrogen) atoms. The number of fused-ring (bicyclic) bond motifs is 14. The van der Waals surface area contributed by atoms with Crippen molar-refractivity contribution in [3.63, 3.8) is 0 Å². The van der Waals surface area contributed by atoms with Crippen LogP contribution in [0, 0.1) is 30.6 Å². The van der Waals surface area contributed by atoms with Gasteiger partial charge in [0.1, 0.15) is 35.5 Å². The van der Waals surface area contributed by atoms with Crippen LogP contribution in [0.3, 0.4) is 0 Å². The zero-order chi connectivity index (χ0) is 47.5. The second kappa shape index (κ2) is 21.6. The number of aromatic hydroxyl groups is 2. The maximum absolute atomic E-state index is 14.5. The second-order valence-electron chi connectivity index (χ2n) is 17.5. The number of allylic oxidation sites excluding steroid dienone is 2. The number of nitrogens with one attached hydrogen (secondary N) is 1. The SMILES string of the molecule is COC1/C=C/OC2(C)Oc3c(C)c(O)c4c(O)c(cc(OCC(=O)N(C)CC(=O)OC(C)(C)C)c4c3C2=O)NC(=O)/C(C)=C/C=C/C(C)C(O)C(C)C(O)C(C)C(OC(C)=O)C1C.[Na+]. The number of ether oxygens (including phenoxy) is 6. The summed E-state index contributed by atoms with van der Waals surface area (Å²) in [6.45, 7) is 16.3. The Morgan fingerprint density at radius 3 is 2.19 bits per heavy atom. The molecule has 3 aliphatic heterocycles. The van der Waals surface area contributed by atoms with Crippen LogP contribution in [0.25, 0.3) is 10.8 Å². The summed E-state index contributed by atoms with van der Waals surface area (Å²) in [6, 6.07) is 1.19. The molecule has 9 unspecified atom stereocenters. The van der Waals surface area contributed by atoms with E-state index in [-0.39, 0.29) is 74.2 Å². The number of carbonyl (C=O) groups excluding carboxylic acids is 5.